The molecule has 2 aromatic carbocycles. The maximum atomic E-state index is 12.6. The third-order valence-corrected chi connectivity index (χ3v) is 4.96. The normalized spacial score (nSPS) is 11.2. The molecule has 1 N–H and O–H groups in total. The van der Waals surface area contributed by atoms with Crippen LogP contribution in [-0.4, -0.2) is 10.9 Å². The average molecular weight is 324 g/mol. The molecule has 0 atom stereocenters. The van der Waals surface area contributed by atoms with Gasteiger partial charge in [-0.25, -0.2) is 4.98 Å². The summed E-state index contributed by atoms with van der Waals surface area (Å²) in [6, 6.07) is 9.84. The highest BCUT2D eigenvalue weighted by atomic mass is 32.1. The molecule has 3 rings (SSSR count). The molecule has 4 heteroatoms. The summed E-state index contributed by atoms with van der Waals surface area (Å²) in [6.45, 7) is 8.44. The molecular weight excluding hydrogens is 304 g/mol. The topological polar surface area (TPSA) is 42.0 Å². The first kappa shape index (κ1) is 15.7. The van der Waals surface area contributed by atoms with Crippen molar-refractivity contribution < 1.29 is 4.79 Å². The fourth-order valence-corrected chi connectivity index (χ4v) is 3.58. The van der Waals surface area contributed by atoms with Gasteiger partial charge in [-0.15, -0.1) is 11.3 Å². The number of hydrogen-bond acceptors (Lipinski definition) is 3. The minimum Gasteiger partial charge on any atom is -0.321 e. The smallest absolute Gasteiger partial charge is 0.255 e. The maximum Gasteiger partial charge on any atom is 0.255 e. The molecule has 0 aliphatic carbocycles. The van der Waals surface area contributed by atoms with E-state index in [1.165, 1.54) is 5.56 Å². The molecule has 1 heterocycles. The number of carbonyl (C=O) groups is 1. The summed E-state index contributed by atoms with van der Waals surface area (Å²) in [4.78, 5) is 16.9. The van der Waals surface area contributed by atoms with Gasteiger partial charge in [-0.2, -0.15) is 0 Å². The van der Waals surface area contributed by atoms with Crippen LogP contribution in [0.4, 0.5) is 5.69 Å². The number of aromatic nitrogens is 1. The van der Waals surface area contributed by atoms with Crippen LogP contribution < -0.4 is 5.32 Å². The Morgan fingerprint density at radius 3 is 2.70 bits per heavy atom. The van der Waals surface area contributed by atoms with E-state index >= 15 is 0 Å². The predicted molar refractivity (Wildman–Crippen MR) is 97.6 cm³/mol. The first-order chi connectivity index (χ1) is 11.0. The Morgan fingerprint density at radius 1 is 1.17 bits per heavy atom. The first-order valence-corrected chi connectivity index (χ1v) is 8.60. The van der Waals surface area contributed by atoms with Crippen LogP contribution in [0, 0.1) is 13.8 Å². The Balaban J connectivity index is 1.94. The molecule has 3 aromatic rings. The number of benzene rings is 2. The van der Waals surface area contributed by atoms with Crippen LogP contribution >= 0.6 is 11.3 Å². The number of nitrogens with zero attached hydrogens (tertiary/aromatic N) is 1. The number of thiazole rings is 1. The molecule has 23 heavy (non-hydrogen) atoms. The Hall–Kier alpha value is -2.20. The molecule has 0 saturated carbocycles. The zero-order valence-electron chi connectivity index (χ0n) is 13.8. The van der Waals surface area contributed by atoms with Crippen molar-refractivity contribution in [2.45, 2.75) is 33.6 Å². The van der Waals surface area contributed by atoms with E-state index in [2.05, 4.69) is 43.2 Å². The van der Waals surface area contributed by atoms with E-state index in [4.69, 9.17) is 0 Å². The monoisotopic (exact) mass is 324 g/mol. The second-order valence-corrected chi connectivity index (χ2v) is 7.00. The second-order valence-electron chi connectivity index (χ2n) is 6.12. The fourth-order valence-electron chi connectivity index (χ4n) is 2.86. The van der Waals surface area contributed by atoms with E-state index in [1.807, 2.05) is 25.1 Å². The Kier molecular flexibility index (Phi) is 4.18. The lowest BCUT2D eigenvalue weighted by Gasteiger charge is -2.17. The lowest BCUT2D eigenvalue weighted by molar-refractivity contribution is 0.102. The molecule has 0 aliphatic heterocycles. The zero-order chi connectivity index (χ0) is 16.6. The lowest BCUT2D eigenvalue weighted by Crippen LogP contribution is -2.14. The summed E-state index contributed by atoms with van der Waals surface area (Å²) in [7, 11) is 0. The van der Waals surface area contributed by atoms with E-state index in [0.29, 0.717) is 11.5 Å². The standard InChI is InChI=1S/C19H20N2OS/c1-11(2)15-7-5-12(3)18(13(15)4)21-19(22)14-6-8-16-17(9-14)23-10-20-16/h5-11H,1-4H3,(H,21,22). The lowest BCUT2D eigenvalue weighted by atomic mass is 9.94. The van der Waals surface area contributed by atoms with Crippen molar-refractivity contribution in [3.63, 3.8) is 0 Å². The Labute approximate surface area is 140 Å². The van der Waals surface area contributed by atoms with Crippen LogP contribution in [-0.2, 0) is 0 Å². The molecular formula is C19H20N2OS. The fraction of sp³-hybridized carbons (Fsp3) is 0.263. The van der Waals surface area contributed by atoms with Crippen molar-refractivity contribution in [1.29, 1.82) is 0 Å². The van der Waals surface area contributed by atoms with Crippen molar-refractivity contribution in [1.82, 2.24) is 4.98 Å². The number of anilines is 1. The highest BCUT2D eigenvalue weighted by Gasteiger charge is 2.14. The van der Waals surface area contributed by atoms with Gasteiger partial charge in [0.1, 0.15) is 0 Å². The van der Waals surface area contributed by atoms with Gasteiger partial charge in [0, 0.05) is 11.3 Å². The number of amides is 1. The molecule has 1 aromatic heterocycles. The minimum atomic E-state index is -0.0765. The average Bonchev–Trinajstić information content (AvgIpc) is 2.98. The molecule has 118 valence electrons. The van der Waals surface area contributed by atoms with Crippen LogP contribution in [0.5, 0.6) is 0 Å². The number of nitrogens with one attached hydrogen (secondary N) is 1. The minimum absolute atomic E-state index is 0.0765. The van der Waals surface area contributed by atoms with Gasteiger partial charge in [0.25, 0.3) is 5.91 Å². The molecule has 0 aliphatic rings. The number of hydrogen-bond donors (Lipinski definition) is 1. The molecule has 0 unspecified atom stereocenters. The van der Waals surface area contributed by atoms with Crippen LogP contribution in [0.2, 0.25) is 0 Å². The summed E-state index contributed by atoms with van der Waals surface area (Å²) in [5.74, 6) is 0.354. The highest BCUT2D eigenvalue weighted by Crippen LogP contribution is 2.29. The Morgan fingerprint density at radius 2 is 1.96 bits per heavy atom. The van der Waals surface area contributed by atoms with E-state index in [9.17, 15) is 4.79 Å². The van der Waals surface area contributed by atoms with Gasteiger partial charge in [0.15, 0.2) is 0 Å². The molecule has 1 amide bonds. The predicted octanol–water partition coefficient (Wildman–Crippen LogP) is 5.29. The van der Waals surface area contributed by atoms with Gasteiger partial charge >= 0.3 is 0 Å². The molecule has 0 spiro atoms. The number of aryl methyl sites for hydroxylation is 1. The summed E-state index contributed by atoms with van der Waals surface area (Å²) in [5, 5.41) is 3.09. The van der Waals surface area contributed by atoms with E-state index in [-0.39, 0.29) is 5.91 Å². The van der Waals surface area contributed by atoms with Crippen molar-refractivity contribution in [2.24, 2.45) is 0 Å². The third kappa shape index (κ3) is 2.99. The molecule has 0 saturated heterocycles. The van der Waals surface area contributed by atoms with Crippen LogP contribution in [0.25, 0.3) is 10.2 Å². The Bertz CT molecular complexity index is 880. The maximum absolute atomic E-state index is 12.6. The summed E-state index contributed by atoms with van der Waals surface area (Å²) >= 11 is 1.55. The zero-order valence-corrected chi connectivity index (χ0v) is 14.6. The molecule has 0 fully saturated rings. The number of carbonyl (C=O) groups excluding carboxylic acids is 1. The van der Waals surface area contributed by atoms with Crippen LogP contribution in [0.1, 0.15) is 46.8 Å². The highest BCUT2D eigenvalue weighted by molar-refractivity contribution is 7.16. The largest absolute Gasteiger partial charge is 0.321 e. The summed E-state index contributed by atoms with van der Waals surface area (Å²) in [6.07, 6.45) is 0. The third-order valence-electron chi connectivity index (χ3n) is 4.17. The first-order valence-electron chi connectivity index (χ1n) is 7.72. The van der Waals surface area contributed by atoms with E-state index < -0.39 is 0 Å². The van der Waals surface area contributed by atoms with Gasteiger partial charge in [0.05, 0.1) is 15.7 Å². The number of fused-ring (bicyclic) bond motifs is 1. The quantitative estimate of drug-likeness (QED) is 0.711. The molecule has 0 bridgehead atoms. The van der Waals surface area contributed by atoms with E-state index in [1.54, 1.807) is 16.8 Å². The molecule has 3 nitrogen and oxygen atoms in total. The number of rotatable bonds is 3. The van der Waals surface area contributed by atoms with E-state index in [0.717, 1.165) is 27.0 Å². The van der Waals surface area contributed by atoms with Crippen molar-refractivity contribution in [3.8, 4) is 0 Å². The second kappa shape index (κ2) is 6.13. The van der Waals surface area contributed by atoms with Crippen LogP contribution in [0.15, 0.2) is 35.8 Å². The van der Waals surface area contributed by atoms with Crippen LogP contribution in [0.3, 0.4) is 0 Å². The van der Waals surface area contributed by atoms with Crippen molar-refractivity contribution in [2.75, 3.05) is 5.32 Å². The van der Waals surface area contributed by atoms with Gasteiger partial charge < -0.3 is 5.32 Å². The van der Waals surface area contributed by atoms with Gasteiger partial charge in [-0.05, 0) is 54.7 Å². The van der Waals surface area contributed by atoms with Gasteiger partial charge in [-0.3, -0.25) is 4.79 Å². The van der Waals surface area contributed by atoms with Gasteiger partial charge in [0.2, 0.25) is 0 Å². The van der Waals surface area contributed by atoms with Crippen molar-refractivity contribution in [3.05, 3.63) is 58.1 Å². The summed E-state index contributed by atoms with van der Waals surface area (Å²) in [5.41, 5.74) is 7.81. The van der Waals surface area contributed by atoms with Gasteiger partial charge in [-0.1, -0.05) is 26.0 Å². The molecule has 0 radical (unpaired) electrons. The summed E-state index contributed by atoms with van der Waals surface area (Å²) < 4.78 is 1.03. The SMILES string of the molecule is Cc1ccc(C(C)C)c(C)c1NC(=O)c1ccc2ncsc2c1. The van der Waals surface area contributed by atoms with Crippen molar-refractivity contribution >= 4 is 33.1 Å².